The maximum atomic E-state index is 12.3. The van der Waals surface area contributed by atoms with Crippen molar-refractivity contribution in [3.63, 3.8) is 0 Å². The lowest BCUT2D eigenvalue weighted by Crippen LogP contribution is -2.40. The third kappa shape index (κ3) is 3.87. The lowest BCUT2D eigenvalue weighted by atomic mass is 10.1. The molecule has 120 valence electrons. The number of amides is 1. The fourth-order valence-electron chi connectivity index (χ4n) is 2.74. The van der Waals surface area contributed by atoms with Crippen LogP contribution in [0, 0.1) is 6.92 Å². The largest absolute Gasteiger partial charge is 0.480 e. The van der Waals surface area contributed by atoms with E-state index in [-0.39, 0.29) is 12.0 Å². The quantitative estimate of drug-likeness (QED) is 0.865. The summed E-state index contributed by atoms with van der Waals surface area (Å²) in [5, 5.41) is 9.24. The van der Waals surface area contributed by atoms with Crippen LogP contribution in [0.2, 0.25) is 0 Å². The predicted molar refractivity (Wildman–Crippen MR) is 85.8 cm³/mol. The molecule has 0 aromatic heterocycles. The van der Waals surface area contributed by atoms with Gasteiger partial charge in [0.2, 0.25) is 5.91 Å². The molecule has 22 heavy (non-hydrogen) atoms. The molecule has 2 unspecified atom stereocenters. The summed E-state index contributed by atoms with van der Waals surface area (Å²) in [6, 6.07) is 5.20. The minimum Gasteiger partial charge on any atom is -0.480 e. The summed E-state index contributed by atoms with van der Waals surface area (Å²) in [6.45, 7) is 2.35. The van der Waals surface area contributed by atoms with Gasteiger partial charge in [0, 0.05) is 31.0 Å². The number of aryl methyl sites for hydroxylation is 2. The first-order chi connectivity index (χ1) is 10.4. The van der Waals surface area contributed by atoms with Gasteiger partial charge in [-0.25, -0.2) is 4.79 Å². The Labute approximate surface area is 138 Å². The van der Waals surface area contributed by atoms with Crippen LogP contribution in [0.15, 0.2) is 22.7 Å². The third-order valence-corrected chi connectivity index (χ3v) is 4.94. The molecule has 1 amide bonds. The molecule has 2 atom stereocenters. The molecular weight excluding hydrogens is 350 g/mol. The second kappa shape index (κ2) is 7.24. The van der Waals surface area contributed by atoms with E-state index in [0.717, 1.165) is 15.6 Å². The van der Waals surface area contributed by atoms with E-state index >= 15 is 0 Å². The first kappa shape index (κ1) is 17.0. The molecule has 1 aliphatic heterocycles. The van der Waals surface area contributed by atoms with E-state index in [2.05, 4.69) is 15.9 Å². The summed E-state index contributed by atoms with van der Waals surface area (Å²) in [6.07, 6.45) is 1.07. The zero-order valence-electron chi connectivity index (χ0n) is 12.7. The molecular formula is C16H20BrNO4. The van der Waals surface area contributed by atoms with E-state index in [9.17, 15) is 14.7 Å². The van der Waals surface area contributed by atoms with Crippen molar-refractivity contribution in [1.82, 2.24) is 4.90 Å². The van der Waals surface area contributed by atoms with E-state index in [1.165, 1.54) is 4.90 Å². The second-order valence-corrected chi connectivity index (χ2v) is 6.43. The summed E-state index contributed by atoms with van der Waals surface area (Å²) in [5.74, 6) is -1.10. The van der Waals surface area contributed by atoms with Crippen molar-refractivity contribution in [2.24, 2.45) is 0 Å². The van der Waals surface area contributed by atoms with Crippen molar-refractivity contribution in [3.8, 4) is 0 Å². The Bertz CT molecular complexity index is 575. The average molecular weight is 370 g/mol. The van der Waals surface area contributed by atoms with Crippen molar-refractivity contribution < 1.29 is 19.4 Å². The number of carboxylic acids is 1. The number of ether oxygens (including phenoxy) is 1. The van der Waals surface area contributed by atoms with Crippen LogP contribution in [0.4, 0.5) is 0 Å². The van der Waals surface area contributed by atoms with E-state index in [4.69, 9.17) is 4.74 Å². The second-order valence-electron chi connectivity index (χ2n) is 5.58. The summed E-state index contributed by atoms with van der Waals surface area (Å²) >= 11 is 3.45. The smallest absolute Gasteiger partial charge is 0.326 e. The van der Waals surface area contributed by atoms with Gasteiger partial charge in [-0.3, -0.25) is 4.79 Å². The Kier molecular flexibility index (Phi) is 5.58. The Morgan fingerprint density at radius 3 is 2.77 bits per heavy atom. The minimum atomic E-state index is -0.965. The molecule has 1 saturated heterocycles. The lowest BCUT2D eigenvalue weighted by molar-refractivity contribution is -0.148. The number of aliphatic carboxylic acids is 1. The van der Waals surface area contributed by atoms with Gasteiger partial charge < -0.3 is 14.7 Å². The highest BCUT2D eigenvalue weighted by Crippen LogP contribution is 2.22. The number of hydrogen-bond donors (Lipinski definition) is 1. The molecule has 1 fully saturated rings. The topological polar surface area (TPSA) is 66.8 Å². The summed E-state index contributed by atoms with van der Waals surface area (Å²) in [4.78, 5) is 25.1. The fourth-order valence-corrected chi connectivity index (χ4v) is 2.98. The van der Waals surface area contributed by atoms with Gasteiger partial charge in [0.15, 0.2) is 0 Å². The van der Waals surface area contributed by atoms with Crippen LogP contribution >= 0.6 is 15.9 Å². The highest BCUT2D eigenvalue weighted by Gasteiger charge is 2.39. The summed E-state index contributed by atoms with van der Waals surface area (Å²) in [7, 11) is 1.54. The Morgan fingerprint density at radius 2 is 2.18 bits per heavy atom. The minimum absolute atomic E-state index is 0.132. The number of rotatable bonds is 5. The fraction of sp³-hybridized carbons (Fsp3) is 0.500. The van der Waals surface area contributed by atoms with Gasteiger partial charge in [-0.1, -0.05) is 28.1 Å². The number of nitrogens with zero attached hydrogens (tertiary/aromatic N) is 1. The van der Waals surface area contributed by atoms with Crippen LogP contribution in [0.25, 0.3) is 0 Å². The molecule has 1 N–H and O–H groups in total. The van der Waals surface area contributed by atoms with Crippen LogP contribution in [0.3, 0.4) is 0 Å². The number of carboxylic acid groups (broad SMARTS) is 1. The molecule has 0 radical (unpaired) electrons. The van der Waals surface area contributed by atoms with Gasteiger partial charge in [0.25, 0.3) is 0 Å². The summed E-state index contributed by atoms with van der Waals surface area (Å²) < 4.78 is 6.24. The van der Waals surface area contributed by atoms with Gasteiger partial charge in [-0.15, -0.1) is 0 Å². The lowest BCUT2D eigenvalue weighted by Gasteiger charge is -2.21. The highest BCUT2D eigenvalue weighted by atomic mass is 79.9. The molecule has 1 aromatic rings. The molecule has 6 heteroatoms. The monoisotopic (exact) mass is 369 g/mol. The number of halogens is 1. The summed E-state index contributed by atoms with van der Waals surface area (Å²) in [5.41, 5.74) is 2.19. The number of methoxy groups -OCH3 is 1. The number of benzene rings is 1. The predicted octanol–water partition coefficient (Wildman–Crippen LogP) is 2.39. The molecule has 1 aliphatic rings. The maximum Gasteiger partial charge on any atom is 0.326 e. The van der Waals surface area contributed by atoms with Crippen LogP contribution in [0.5, 0.6) is 0 Å². The van der Waals surface area contributed by atoms with Crippen molar-refractivity contribution in [2.45, 2.75) is 38.3 Å². The third-order valence-electron chi connectivity index (χ3n) is 4.05. The van der Waals surface area contributed by atoms with Crippen LogP contribution in [0.1, 0.15) is 24.0 Å². The molecule has 5 nitrogen and oxygen atoms in total. The first-order valence-corrected chi connectivity index (χ1v) is 8.01. The van der Waals surface area contributed by atoms with Gasteiger partial charge in [0.1, 0.15) is 6.04 Å². The van der Waals surface area contributed by atoms with Gasteiger partial charge in [0.05, 0.1) is 6.10 Å². The first-order valence-electron chi connectivity index (χ1n) is 7.22. The van der Waals surface area contributed by atoms with Gasteiger partial charge in [-0.2, -0.15) is 0 Å². The molecule has 0 bridgehead atoms. The van der Waals surface area contributed by atoms with E-state index in [0.29, 0.717) is 25.8 Å². The van der Waals surface area contributed by atoms with Crippen molar-refractivity contribution in [2.75, 3.05) is 13.7 Å². The Balaban J connectivity index is 1.98. The SMILES string of the molecule is COC1CC(C(=O)O)N(C(=O)CCc2ccc(Br)c(C)c2)C1. The van der Waals surface area contributed by atoms with Crippen LogP contribution < -0.4 is 0 Å². The molecule has 1 heterocycles. The zero-order chi connectivity index (χ0) is 16.3. The van der Waals surface area contributed by atoms with Gasteiger partial charge >= 0.3 is 5.97 Å². The molecule has 0 aliphatic carbocycles. The van der Waals surface area contributed by atoms with Gasteiger partial charge in [-0.05, 0) is 30.5 Å². The molecule has 1 aromatic carbocycles. The van der Waals surface area contributed by atoms with E-state index in [1.54, 1.807) is 7.11 Å². The zero-order valence-corrected chi connectivity index (χ0v) is 14.3. The highest BCUT2D eigenvalue weighted by molar-refractivity contribution is 9.10. The van der Waals surface area contributed by atoms with Crippen molar-refractivity contribution >= 4 is 27.8 Å². The van der Waals surface area contributed by atoms with Crippen LogP contribution in [-0.4, -0.2) is 47.7 Å². The van der Waals surface area contributed by atoms with E-state index < -0.39 is 12.0 Å². The van der Waals surface area contributed by atoms with E-state index in [1.807, 2.05) is 25.1 Å². The standard InChI is InChI=1S/C16H20BrNO4/c1-10-7-11(3-5-13(10)17)4-6-15(19)18-9-12(22-2)8-14(18)16(20)21/h3,5,7,12,14H,4,6,8-9H2,1-2H3,(H,20,21). The number of carbonyl (C=O) groups is 2. The number of hydrogen-bond acceptors (Lipinski definition) is 3. The Hall–Kier alpha value is -1.40. The maximum absolute atomic E-state index is 12.3. The molecule has 0 spiro atoms. The number of likely N-dealkylation sites (tertiary alicyclic amines) is 1. The molecule has 2 rings (SSSR count). The molecule has 0 saturated carbocycles. The average Bonchev–Trinajstić information content (AvgIpc) is 2.93. The Morgan fingerprint density at radius 1 is 1.45 bits per heavy atom. The van der Waals surface area contributed by atoms with Crippen molar-refractivity contribution in [1.29, 1.82) is 0 Å². The number of carbonyl (C=O) groups excluding carboxylic acids is 1. The van der Waals surface area contributed by atoms with Crippen LogP contribution in [-0.2, 0) is 20.7 Å². The normalized spacial score (nSPS) is 21.1. The van der Waals surface area contributed by atoms with Crippen molar-refractivity contribution in [3.05, 3.63) is 33.8 Å².